The average molecular weight is 554 g/mol. The molecule has 0 aliphatic heterocycles. The van der Waals surface area contributed by atoms with E-state index >= 15 is 0 Å². The number of hydrogen-bond acceptors (Lipinski definition) is 6. The van der Waals surface area contributed by atoms with Crippen LogP contribution in [0.5, 0.6) is 0 Å². The summed E-state index contributed by atoms with van der Waals surface area (Å²) >= 11 is 13.6. The molecule has 0 atom stereocenters. The molecule has 12 heteroatoms. The summed E-state index contributed by atoms with van der Waals surface area (Å²) in [6, 6.07) is 18.0. The molecule has 0 spiro atoms. The Bertz CT molecular complexity index is 1310. The van der Waals surface area contributed by atoms with Crippen molar-refractivity contribution in [2.75, 3.05) is 23.1 Å². The minimum Gasteiger partial charge on any atom is -0.354 e. The number of amides is 1. The Hall–Kier alpha value is -2.79. The predicted octanol–water partition coefficient (Wildman–Crippen LogP) is 5.15. The number of benzene rings is 3. The Kier molecular flexibility index (Phi) is 9.39. The van der Waals surface area contributed by atoms with Crippen LogP contribution in [0.4, 0.5) is 11.4 Å². The number of nitrogens with one attached hydrogen (secondary N) is 1. The standard InChI is InChI=1S/C23H21Cl2N3O5S2/c24-18-10-9-17(22(25)13-18)16-34-12-11-26-23(29)15-27(19-5-4-6-20(14-19)28(30)31)35(32,33)21-7-2-1-3-8-21/h1-10,13-14H,11-12,15-16H2,(H,26,29). The van der Waals surface area contributed by atoms with Crippen LogP contribution in [0, 0.1) is 10.1 Å². The lowest BCUT2D eigenvalue weighted by atomic mass is 10.2. The number of carbonyl (C=O) groups excluding carboxylic acids is 1. The van der Waals surface area contributed by atoms with Gasteiger partial charge < -0.3 is 5.32 Å². The van der Waals surface area contributed by atoms with E-state index in [1.807, 2.05) is 6.07 Å². The van der Waals surface area contributed by atoms with Gasteiger partial charge in [0.15, 0.2) is 0 Å². The third kappa shape index (κ3) is 7.35. The molecule has 0 aliphatic rings. The van der Waals surface area contributed by atoms with Crippen LogP contribution in [0.25, 0.3) is 0 Å². The van der Waals surface area contributed by atoms with Crippen LogP contribution in [0.3, 0.4) is 0 Å². The van der Waals surface area contributed by atoms with E-state index in [-0.39, 0.29) is 16.3 Å². The third-order valence-corrected chi connectivity index (χ3v) is 8.17. The highest BCUT2D eigenvalue weighted by Gasteiger charge is 2.28. The molecule has 0 saturated carbocycles. The fourth-order valence-electron chi connectivity index (χ4n) is 3.07. The van der Waals surface area contributed by atoms with E-state index in [2.05, 4.69) is 5.32 Å². The maximum Gasteiger partial charge on any atom is 0.271 e. The summed E-state index contributed by atoms with van der Waals surface area (Å²) in [5, 5.41) is 15.0. The third-order valence-electron chi connectivity index (χ3n) is 4.79. The largest absolute Gasteiger partial charge is 0.354 e. The Labute approximate surface area is 217 Å². The van der Waals surface area contributed by atoms with Gasteiger partial charge in [0, 0.05) is 40.2 Å². The van der Waals surface area contributed by atoms with E-state index in [1.165, 1.54) is 30.3 Å². The number of nitro groups is 1. The number of carbonyl (C=O) groups is 1. The summed E-state index contributed by atoms with van der Waals surface area (Å²) in [5.74, 6) is 0.641. The topological polar surface area (TPSA) is 110 Å². The van der Waals surface area contributed by atoms with E-state index in [4.69, 9.17) is 23.2 Å². The van der Waals surface area contributed by atoms with Crippen molar-refractivity contribution in [1.29, 1.82) is 0 Å². The maximum atomic E-state index is 13.3. The molecule has 3 aromatic carbocycles. The van der Waals surface area contributed by atoms with Crippen molar-refractivity contribution in [1.82, 2.24) is 5.32 Å². The number of hydrogen-bond donors (Lipinski definition) is 1. The van der Waals surface area contributed by atoms with Gasteiger partial charge in [0.1, 0.15) is 6.54 Å². The molecular weight excluding hydrogens is 533 g/mol. The van der Waals surface area contributed by atoms with Gasteiger partial charge in [-0.1, -0.05) is 53.5 Å². The van der Waals surface area contributed by atoms with Gasteiger partial charge in [-0.3, -0.25) is 19.2 Å². The van der Waals surface area contributed by atoms with E-state index in [1.54, 1.807) is 42.1 Å². The molecule has 1 N–H and O–H groups in total. The monoisotopic (exact) mass is 553 g/mol. The van der Waals surface area contributed by atoms with E-state index in [0.29, 0.717) is 28.1 Å². The first-order valence-electron chi connectivity index (χ1n) is 10.3. The van der Waals surface area contributed by atoms with E-state index < -0.39 is 27.4 Å². The normalized spacial score (nSPS) is 11.1. The number of thioether (sulfide) groups is 1. The van der Waals surface area contributed by atoms with Crippen molar-refractivity contribution < 1.29 is 18.1 Å². The molecule has 0 radical (unpaired) electrons. The Balaban J connectivity index is 1.67. The van der Waals surface area contributed by atoms with Crippen LogP contribution >= 0.6 is 35.0 Å². The molecule has 0 heterocycles. The van der Waals surface area contributed by atoms with Gasteiger partial charge in [0.25, 0.3) is 15.7 Å². The van der Waals surface area contributed by atoms with Gasteiger partial charge in [0.2, 0.25) is 5.91 Å². The quantitative estimate of drug-likeness (QED) is 0.200. The summed E-state index contributed by atoms with van der Waals surface area (Å²) in [7, 11) is -4.15. The van der Waals surface area contributed by atoms with E-state index in [0.717, 1.165) is 15.9 Å². The van der Waals surface area contributed by atoms with Gasteiger partial charge in [-0.15, -0.1) is 0 Å². The van der Waals surface area contributed by atoms with Gasteiger partial charge in [-0.05, 0) is 35.9 Å². The summed E-state index contributed by atoms with van der Waals surface area (Å²) in [5.41, 5.74) is 0.650. The highest BCUT2D eigenvalue weighted by molar-refractivity contribution is 7.98. The molecule has 0 bridgehead atoms. The maximum absolute atomic E-state index is 13.3. The van der Waals surface area contributed by atoms with Crippen molar-refractivity contribution in [3.05, 3.63) is 98.5 Å². The van der Waals surface area contributed by atoms with Crippen LogP contribution in [-0.4, -0.2) is 38.1 Å². The molecule has 1 amide bonds. The van der Waals surface area contributed by atoms with Crippen LogP contribution in [0.1, 0.15) is 5.56 Å². The molecule has 8 nitrogen and oxygen atoms in total. The Morgan fingerprint density at radius 2 is 1.77 bits per heavy atom. The summed E-state index contributed by atoms with van der Waals surface area (Å²) in [6.07, 6.45) is 0. The molecule has 0 saturated heterocycles. The molecule has 0 aromatic heterocycles. The SMILES string of the molecule is O=C(CN(c1cccc([N+](=O)[O-])c1)S(=O)(=O)c1ccccc1)NCCSCc1ccc(Cl)cc1Cl. The number of anilines is 1. The summed E-state index contributed by atoms with van der Waals surface area (Å²) in [4.78, 5) is 23.2. The van der Waals surface area contributed by atoms with Gasteiger partial charge in [-0.25, -0.2) is 8.42 Å². The van der Waals surface area contributed by atoms with Crippen LogP contribution in [0.15, 0.2) is 77.7 Å². The molecule has 0 aliphatic carbocycles. The second-order valence-corrected chi connectivity index (χ2v) is 11.1. The average Bonchev–Trinajstić information content (AvgIpc) is 2.84. The lowest BCUT2D eigenvalue weighted by Crippen LogP contribution is -2.41. The molecular formula is C23H21Cl2N3O5S2. The number of sulfonamides is 1. The van der Waals surface area contributed by atoms with Crippen LogP contribution in [0.2, 0.25) is 10.0 Å². The first-order valence-corrected chi connectivity index (χ1v) is 13.6. The van der Waals surface area contributed by atoms with Crippen molar-refractivity contribution in [2.45, 2.75) is 10.6 Å². The lowest BCUT2D eigenvalue weighted by Gasteiger charge is -2.24. The van der Waals surface area contributed by atoms with E-state index in [9.17, 15) is 23.3 Å². The molecule has 3 rings (SSSR count). The lowest BCUT2D eigenvalue weighted by molar-refractivity contribution is -0.384. The van der Waals surface area contributed by atoms with Crippen LogP contribution in [-0.2, 0) is 20.6 Å². The van der Waals surface area contributed by atoms with Gasteiger partial charge >= 0.3 is 0 Å². The summed E-state index contributed by atoms with van der Waals surface area (Å²) < 4.78 is 27.4. The smallest absolute Gasteiger partial charge is 0.271 e. The van der Waals surface area contributed by atoms with Gasteiger partial charge in [0.05, 0.1) is 15.5 Å². The number of non-ortho nitro benzene ring substituents is 1. The summed E-state index contributed by atoms with van der Waals surface area (Å²) in [6.45, 7) is -0.241. The van der Waals surface area contributed by atoms with Crippen molar-refractivity contribution in [2.24, 2.45) is 0 Å². The fourth-order valence-corrected chi connectivity index (χ4v) is 5.92. The molecule has 35 heavy (non-hydrogen) atoms. The Morgan fingerprint density at radius 3 is 2.46 bits per heavy atom. The Morgan fingerprint density at radius 1 is 1.03 bits per heavy atom. The van der Waals surface area contributed by atoms with Crippen molar-refractivity contribution >= 4 is 62.3 Å². The number of nitro benzene ring substituents is 1. The number of halogens is 2. The van der Waals surface area contributed by atoms with Gasteiger partial charge in [-0.2, -0.15) is 11.8 Å². The van der Waals surface area contributed by atoms with Crippen molar-refractivity contribution in [3.63, 3.8) is 0 Å². The zero-order valence-corrected chi connectivity index (χ0v) is 21.4. The molecule has 184 valence electrons. The predicted molar refractivity (Wildman–Crippen MR) is 140 cm³/mol. The molecule has 3 aromatic rings. The zero-order valence-electron chi connectivity index (χ0n) is 18.3. The van der Waals surface area contributed by atoms with Crippen molar-refractivity contribution in [3.8, 4) is 0 Å². The second-order valence-electron chi connectivity index (χ2n) is 7.24. The number of rotatable bonds is 11. The first kappa shape index (κ1) is 26.8. The molecule has 0 unspecified atom stereocenters. The highest BCUT2D eigenvalue weighted by Crippen LogP contribution is 2.27. The highest BCUT2D eigenvalue weighted by atomic mass is 35.5. The first-order chi connectivity index (χ1) is 16.7. The minimum absolute atomic E-state index is 0.0185. The second kappa shape index (κ2) is 12.3. The number of nitrogens with zero attached hydrogens (tertiary/aromatic N) is 2. The zero-order chi connectivity index (χ0) is 25.4. The minimum atomic E-state index is -4.15. The molecule has 0 fully saturated rings. The van der Waals surface area contributed by atoms with Crippen LogP contribution < -0.4 is 9.62 Å². The fraction of sp³-hybridized carbons (Fsp3) is 0.174.